The number of urea groups is 1. The van der Waals surface area contributed by atoms with Crippen molar-refractivity contribution < 1.29 is 14.4 Å². The van der Waals surface area contributed by atoms with Crippen molar-refractivity contribution in [2.24, 2.45) is 5.92 Å². The standard InChI is InChI=1S/C24H27N3O3/c28-22-16-25-24(30)27(22)17-20-7-4-8-21(15-20)23(29)26-13-11-19(12-14-26)10-9-18-5-2-1-3-6-18/h1-8,15,19H,9-14,16-17H2,(H,25,30). The molecule has 0 unspecified atom stereocenters. The van der Waals surface area contributed by atoms with E-state index >= 15 is 0 Å². The number of hydrogen-bond donors (Lipinski definition) is 1. The third-order valence-electron chi connectivity index (χ3n) is 6.04. The molecular formula is C24H27N3O3. The fourth-order valence-corrected chi connectivity index (χ4v) is 4.22. The van der Waals surface area contributed by atoms with Crippen molar-refractivity contribution in [2.75, 3.05) is 19.6 Å². The van der Waals surface area contributed by atoms with Crippen LogP contribution < -0.4 is 5.32 Å². The summed E-state index contributed by atoms with van der Waals surface area (Å²) in [6, 6.07) is 17.4. The molecule has 6 heteroatoms. The van der Waals surface area contributed by atoms with Crippen LogP contribution in [0.5, 0.6) is 0 Å². The molecule has 0 saturated carbocycles. The number of aryl methyl sites for hydroxylation is 1. The monoisotopic (exact) mass is 405 g/mol. The first-order chi connectivity index (χ1) is 14.6. The Kier molecular flexibility index (Phi) is 6.12. The molecule has 2 aromatic rings. The van der Waals surface area contributed by atoms with Crippen molar-refractivity contribution in [1.82, 2.24) is 15.1 Å². The van der Waals surface area contributed by atoms with Crippen molar-refractivity contribution in [3.8, 4) is 0 Å². The van der Waals surface area contributed by atoms with Gasteiger partial charge in [-0.1, -0.05) is 42.5 Å². The Bertz CT molecular complexity index is 904. The van der Waals surface area contributed by atoms with Crippen LogP contribution in [-0.2, 0) is 17.8 Å². The minimum atomic E-state index is -0.380. The fourth-order valence-electron chi connectivity index (χ4n) is 4.22. The number of piperidine rings is 1. The summed E-state index contributed by atoms with van der Waals surface area (Å²) < 4.78 is 0. The van der Waals surface area contributed by atoms with E-state index in [0.717, 1.165) is 44.3 Å². The predicted octanol–water partition coefficient (Wildman–Crippen LogP) is 3.22. The molecule has 0 aromatic heterocycles. The number of likely N-dealkylation sites (tertiary alicyclic amines) is 1. The smallest absolute Gasteiger partial charge is 0.324 e. The average molecular weight is 405 g/mol. The Morgan fingerprint density at radius 1 is 0.967 bits per heavy atom. The van der Waals surface area contributed by atoms with Gasteiger partial charge in [0.15, 0.2) is 0 Å². The van der Waals surface area contributed by atoms with Gasteiger partial charge in [0.25, 0.3) is 5.91 Å². The van der Waals surface area contributed by atoms with Crippen LogP contribution in [-0.4, -0.2) is 47.3 Å². The number of benzene rings is 2. The van der Waals surface area contributed by atoms with E-state index in [1.54, 1.807) is 12.1 Å². The molecule has 2 aromatic carbocycles. The molecule has 2 saturated heterocycles. The van der Waals surface area contributed by atoms with Gasteiger partial charge in [-0.15, -0.1) is 0 Å². The summed E-state index contributed by atoms with van der Waals surface area (Å²) in [5.41, 5.74) is 2.77. The van der Waals surface area contributed by atoms with E-state index in [2.05, 4.69) is 29.6 Å². The number of nitrogens with zero attached hydrogens (tertiary/aromatic N) is 2. The predicted molar refractivity (Wildman–Crippen MR) is 114 cm³/mol. The summed E-state index contributed by atoms with van der Waals surface area (Å²) in [5.74, 6) is 0.435. The molecule has 0 aliphatic carbocycles. The van der Waals surface area contributed by atoms with E-state index in [4.69, 9.17) is 0 Å². The second-order valence-corrected chi connectivity index (χ2v) is 8.10. The Hall–Kier alpha value is -3.15. The Labute approximate surface area is 176 Å². The maximum absolute atomic E-state index is 13.0. The van der Waals surface area contributed by atoms with Crippen LogP contribution in [0.4, 0.5) is 4.79 Å². The molecule has 2 heterocycles. The van der Waals surface area contributed by atoms with E-state index in [0.29, 0.717) is 11.5 Å². The molecular weight excluding hydrogens is 378 g/mol. The molecule has 2 aliphatic heterocycles. The molecule has 0 spiro atoms. The highest BCUT2D eigenvalue weighted by molar-refractivity contribution is 6.02. The number of carbonyl (C=O) groups excluding carboxylic acids is 3. The number of carbonyl (C=O) groups is 3. The van der Waals surface area contributed by atoms with Crippen LogP contribution in [0.3, 0.4) is 0 Å². The molecule has 4 rings (SSSR count). The first kappa shape index (κ1) is 20.1. The highest BCUT2D eigenvalue weighted by atomic mass is 16.2. The third-order valence-corrected chi connectivity index (χ3v) is 6.04. The topological polar surface area (TPSA) is 69.7 Å². The van der Waals surface area contributed by atoms with Crippen molar-refractivity contribution in [3.63, 3.8) is 0 Å². The number of amides is 4. The summed E-state index contributed by atoms with van der Waals surface area (Å²) in [4.78, 5) is 39.6. The lowest BCUT2D eigenvalue weighted by atomic mass is 9.90. The normalized spacial score (nSPS) is 17.3. The number of rotatable bonds is 6. The second-order valence-electron chi connectivity index (χ2n) is 8.10. The van der Waals surface area contributed by atoms with Gasteiger partial charge < -0.3 is 10.2 Å². The van der Waals surface area contributed by atoms with Crippen molar-refractivity contribution >= 4 is 17.8 Å². The average Bonchev–Trinajstić information content (AvgIpc) is 3.10. The van der Waals surface area contributed by atoms with Crippen molar-refractivity contribution in [1.29, 1.82) is 0 Å². The first-order valence-corrected chi connectivity index (χ1v) is 10.6. The lowest BCUT2D eigenvalue weighted by Gasteiger charge is -2.32. The van der Waals surface area contributed by atoms with Crippen LogP contribution in [0.25, 0.3) is 0 Å². The van der Waals surface area contributed by atoms with Crippen molar-refractivity contribution in [2.45, 2.75) is 32.2 Å². The first-order valence-electron chi connectivity index (χ1n) is 10.6. The molecule has 0 radical (unpaired) electrons. The zero-order valence-corrected chi connectivity index (χ0v) is 17.0. The summed E-state index contributed by atoms with van der Waals surface area (Å²) >= 11 is 0. The Balaban J connectivity index is 1.31. The van der Waals surface area contributed by atoms with Gasteiger partial charge in [-0.3, -0.25) is 14.5 Å². The molecule has 156 valence electrons. The van der Waals surface area contributed by atoms with Gasteiger partial charge in [-0.25, -0.2) is 4.79 Å². The maximum atomic E-state index is 13.0. The molecule has 2 aliphatic rings. The van der Waals surface area contributed by atoms with Gasteiger partial charge in [0, 0.05) is 18.7 Å². The summed E-state index contributed by atoms with van der Waals surface area (Å²) in [6.07, 6.45) is 4.30. The zero-order valence-electron chi connectivity index (χ0n) is 17.0. The van der Waals surface area contributed by atoms with E-state index in [-0.39, 0.29) is 30.9 Å². The minimum absolute atomic E-state index is 0.0237. The number of nitrogens with one attached hydrogen (secondary N) is 1. The second kappa shape index (κ2) is 9.11. The lowest BCUT2D eigenvalue weighted by Crippen LogP contribution is -2.38. The number of imide groups is 1. The lowest BCUT2D eigenvalue weighted by molar-refractivity contribution is -0.125. The van der Waals surface area contributed by atoms with E-state index in [1.165, 1.54) is 10.5 Å². The molecule has 0 bridgehead atoms. The Morgan fingerprint density at radius 3 is 2.40 bits per heavy atom. The molecule has 2 fully saturated rings. The quantitative estimate of drug-likeness (QED) is 0.750. The zero-order chi connectivity index (χ0) is 20.9. The van der Waals surface area contributed by atoms with Crippen LogP contribution in [0.15, 0.2) is 54.6 Å². The third kappa shape index (κ3) is 4.70. The van der Waals surface area contributed by atoms with E-state index in [9.17, 15) is 14.4 Å². The van der Waals surface area contributed by atoms with Crippen LogP contribution in [0.1, 0.15) is 40.7 Å². The molecule has 6 nitrogen and oxygen atoms in total. The molecule has 1 N–H and O–H groups in total. The van der Waals surface area contributed by atoms with Gasteiger partial charge in [-0.05, 0) is 54.9 Å². The minimum Gasteiger partial charge on any atom is -0.339 e. The largest absolute Gasteiger partial charge is 0.339 e. The van der Waals surface area contributed by atoms with Crippen LogP contribution in [0, 0.1) is 5.92 Å². The van der Waals surface area contributed by atoms with Crippen molar-refractivity contribution in [3.05, 3.63) is 71.3 Å². The summed E-state index contributed by atoms with van der Waals surface area (Å²) in [6.45, 7) is 1.77. The highest BCUT2D eigenvalue weighted by Gasteiger charge is 2.29. The van der Waals surface area contributed by atoms with Gasteiger partial charge in [0.2, 0.25) is 5.91 Å². The fraction of sp³-hybridized carbons (Fsp3) is 0.375. The summed E-state index contributed by atoms with van der Waals surface area (Å²) in [5, 5.41) is 2.52. The van der Waals surface area contributed by atoms with Crippen LogP contribution >= 0.6 is 0 Å². The SMILES string of the molecule is O=C(c1cccc(CN2C(=O)CNC2=O)c1)N1CCC(CCc2ccccc2)CC1. The van der Waals surface area contributed by atoms with Gasteiger partial charge in [-0.2, -0.15) is 0 Å². The van der Waals surface area contributed by atoms with Gasteiger partial charge in [0.05, 0.1) is 13.1 Å². The maximum Gasteiger partial charge on any atom is 0.324 e. The van der Waals surface area contributed by atoms with E-state index in [1.807, 2.05) is 23.1 Å². The van der Waals surface area contributed by atoms with Crippen LogP contribution in [0.2, 0.25) is 0 Å². The van der Waals surface area contributed by atoms with E-state index < -0.39 is 0 Å². The molecule has 4 amide bonds. The van der Waals surface area contributed by atoms with Gasteiger partial charge >= 0.3 is 6.03 Å². The molecule has 0 atom stereocenters. The Morgan fingerprint density at radius 2 is 1.70 bits per heavy atom. The molecule has 30 heavy (non-hydrogen) atoms. The number of hydrogen-bond acceptors (Lipinski definition) is 3. The summed E-state index contributed by atoms with van der Waals surface area (Å²) in [7, 11) is 0. The highest BCUT2D eigenvalue weighted by Crippen LogP contribution is 2.24. The van der Waals surface area contributed by atoms with Gasteiger partial charge in [0.1, 0.15) is 0 Å².